The van der Waals surface area contributed by atoms with Crippen molar-refractivity contribution in [1.82, 2.24) is 9.99 Å². The third kappa shape index (κ3) is 3.99. The second-order valence-electron chi connectivity index (χ2n) is 7.77. The fourth-order valence-corrected chi connectivity index (χ4v) is 4.04. The number of carbonyl (C=O) groups excluding carboxylic acids is 2. The van der Waals surface area contributed by atoms with Crippen LogP contribution in [0.5, 0.6) is 11.5 Å². The van der Waals surface area contributed by atoms with E-state index in [1.54, 1.807) is 25.3 Å². The Hall–Kier alpha value is -4.52. The van der Waals surface area contributed by atoms with E-state index in [4.69, 9.17) is 9.47 Å². The number of benzene rings is 3. The van der Waals surface area contributed by atoms with Crippen LogP contribution in [0.15, 0.2) is 90.6 Å². The van der Waals surface area contributed by atoms with Gasteiger partial charge < -0.3 is 14.0 Å². The molecule has 0 aliphatic carbocycles. The highest BCUT2D eigenvalue weighted by Gasteiger charge is 2.34. The fourth-order valence-electron chi connectivity index (χ4n) is 4.04. The van der Waals surface area contributed by atoms with Gasteiger partial charge in [0.2, 0.25) is 0 Å². The Morgan fingerprint density at radius 2 is 1.59 bits per heavy atom. The molecule has 1 aliphatic heterocycles. The van der Waals surface area contributed by atoms with Gasteiger partial charge in [-0.05, 0) is 36.4 Å². The molecule has 0 saturated carbocycles. The molecule has 0 unspecified atom stereocenters. The van der Waals surface area contributed by atoms with Crippen molar-refractivity contribution in [3.05, 3.63) is 96.2 Å². The van der Waals surface area contributed by atoms with Crippen molar-refractivity contribution in [3.8, 4) is 11.5 Å². The first-order valence-electron chi connectivity index (χ1n) is 10.9. The number of hydrogen-bond donors (Lipinski definition) is 1. The Morgan fingerprint density at radius 1 is 0.882 bits per heavy atom. The number of anilines is 1. The van der Waals surface area contributed by atoms with Gasteiger partial charge in [-0.3, -0.25) is 15.0 Å². The first kappa shape index (κ1) is 21.3. The Balaban J connectivity index is 1.41. The fraction of sp³-hybridized carbons (Fsp3) is 0.111. The normalized spacial score (nSPS) is 14.6. The lowest BCUT2D eigenvalue weighted by molar-refractivity contribution is -0.117. The van der Waals surface area contributed by atoms with Crippen molar-refractivity contribution in [1.29, 1.82) is 0 Å². The van der Waals surface area contributed by atoms with E-state index in [1.807, 2.05) is 72.9 Å². The molecule has 0 spiro atoms. The number of aromatic nitrogens is 1. The van der Waals surface area contributed by atoms with Crippen LogP contribution in [-0.4, -0.2) is 30.1 Å². The lowest BCUT2D eigenvalue weighted by Gasteiger charge is -2.13. The summed E-state index contributed by atoms with van der Waals surface area (Å²) in [4.78, 5) is 25.6. The summed E-state index contributed by atoms with van der Waals surface area (Å²) in [7, 11) is 1.61. The van der Waals surface area contributed by atoms with Gasteiger partial charge in [0, 0.05) is 22.7 Å². The number of nitrogens with one attached hydrogen (secondary N) is 1. The van der Waals surface area contributed by atoms with E-state index in [1.165, 1.54) is 5.01 Å². The molecular formula is C27H23N3O4. The van der Waals surface area contributed by atoms with Crippen molar-refractivity contribution in [2.24, 2.45) is 0 Å². The molecule has 1 aliphatic rings. The molecule has 1 N–H and O–H groups in total. The number of rotatable bonds is 7. The van der Waals surface area contributed by atoms with Crippen LogP contribution in [0.1, 0.15) is 5.56 Å². The monoisotopic (exact) mass is 453 g/mol. The van der Waals surface area contributed by atoms with Crippen LogP contribution < -0.4 is 19.9 Å². The highest BCUT2D eigenvalue weighted by molar-refractivity contribution is 6.32. The van der Waals surface area contributed by atoms with E-state index in [0.29, 0.717) is 30.3 Å². The molecule has 7 heteroatoms. The number of para-hydroxylation sites is 4. The van der Waals surface area contributed by atoms with Crippen LogP contribution in [-0.2, 0) is 16.1 Å². The average Bonchev–Trinajstić information content (AvgIpc) is 3.37. The van der Waals surface area contributed by atoms with Gasteiger partial charge in [0.1, 0.15) is 12.2 Å². The lowest BCUT2D eigenvalue weighted by Crippen LogP contribution is -2.35. The molecule has 0 atom stereocenters. The number of hydrazine groups is 1. The molecule has 0 bridgehead atoms. The van der Waals surface area contributed by atoms with E-state index in [9.17, 15) is 9.59 Å². The maximum Gasteiger partial charge on any atom is 0.282 e. The number of nitrogens with zero attached hydrogens (tertiary/aromatic N) is 2. The highest BCUT2D eigenvalue weighted by Crippen LogP contribution is 2.28. The third-order valence-corrected chi connectivity index (χ3v) is 5.68. The van der Waals surface area contributed by atoms with Crippen LogP contribution in [0, 0.1) is 0 Å². The number of amides is 2. The lowest BCUT2D eigenvalue weighted by atomic mass is 10.1. The summed E-state index contributed by atoms with van der Waals surface area (Å²) in [6.45, 7) is 1.01. The molecule has 170 valence electrons. The van der Waals surface area contributed by atoms with Gasteiger partial charge in [0.25, 0.3) is 11.8 Å². The van der Waals surface area contributed by atoms with Gasteiger partial charge in [-0.15, -0.1) is 0 Å². The molecule has 1 fully saturated rings. The molecule has 4 aromatic rings. The summed E-state index contributed by atoms with van der Waals surface area (Å²) >= 11 is 0. The molecule has 1 saturated heterocycles. The van der Waals surface area contributed by atoms with Gasteiger partial charge >= 0.3 is 0 Å². The van der Waals surface area contributed by atoms with E-state index in [2.05, 4.69) is 9.99 Å². The zero-order valence-corrected chi connectivity index (χ0v) is 18.6. The van der Waals surface area contributed by atoms with Crippen LogP contribution in [0.4, 0.5) is 5.69 Å². The van der Waals surface area contributed by atoms with Gasteiger partial charge in [-0.25, -0.2) is 5.01 Å². The van der Waals surface area contributed by atoms with Gasteiger partial charge in [0.05, 0.1) is 19.3 Å². The second-order valence-corrected chi connectivity index (χ2v) is 7.77. The van der Waals surface area contributed by atoms with Crippen molar-refractivity contribution in [2.45, 2.75) is 6.54 Å². The maximum atomic E-state index is 13.0. The third-order valence-electron chi connectivity index (χ3n) is 5.68. The Kier molecular flexibility index (Phi) is 5.74. The molecule has 1 aromatic heterocycles. The van der Waals surface area contributed by atoms with Gasteiger partial charge in [-0.2, -0.15) is 0 Å². The summed E-state index contributed by atoms with van der Waals surface area (Å²) in [5, 5.41) is 2.22. The van der Waals surface area contributed by atoms with Crippen LogP contribution in [0.25, 0.3) is 17.0 Å². The summed E-state index contributed by atoms with van der Waals surface area (Å²) in [6.07, 6.45) is 3.59. The Bertz CT molecular complexity index is 1390. The molecular weight excluding hydrogens is 430 g/mol. The quantitative estimate of drug-likeness (QED) is 0.336. The van der Waals surface area contributed by atoms with Crippen LogP contribution >= 0.6 is 0 Å². The summed E-state index contributed by atoms with van der Waals surface area (Å²) in [5.74, 6) is 0.551. The van der Waals surface area contributed by atoms with Gasteiger partial charge in [0.15, 0.2) is 11.5 Å². The molecule has 2 amide bonds. The summed E-state index contributed by atoms with van der Waals surface area (Å²) in [5.41, 5.74) is 5.13. The van der Waals surface area contributed by atoms with E-state index in [-0.39, 0.29) is 11.5 Å². The smallest absolute Gasteiger partial charge is 0.282 e. The van der Waals surface area contributed by atoms with Crippen molar-refractivity contribution < 1.29 is 19.1 Å². The van der Waals surface area contributed by atoms with Crippen molar-refractivity contribution in [3.63, 3.8) is 0 Å². The number of carbonyl (C=O) groups is 2. The largest absolute Gasteiger partial charge is 0.493 e. The molecule has 7 nitrogen and oxygen atoms in total. The minimum atomic E-state index is -0.426. The standard InChI is InChI=1S/C27H23N3O4/c1-33-24-13-7-8-14-25(24)34-16-15-29-18-19(21-11-5-6-12-23(21)29)17-22-26(31)28-30(27(22)32)20-9-3-2-4-10-20/h2-14,17-18H,15-16H2,1H3,(H,28,31)/b22-17+. The molecule has 0 radical (unpaired) electrons. The second kappa shape index (κ2) is 9.15. The zero-order chi connectivity index (χ0) is 23.5. The first-order chi connectivity index (χ1) is 16.7. The molecule has 2 heterocycles. The van der Waals surface area contributed by atoms with E-state index in [0.717, 1.165) is 16.5 Å². The van der Waals surface area contributed by atoms with Crippen LogP contribution in [0.3, 0.4) is 0 Å². The summed E-state index contributed by atoms with van der Waals surface area (Å²) in [6, 6.07) is 24.4. The first-order valence-corrected chi connectivity index (χ1v) is 10.9. The number of hydrogen-bond acceptors (Lipinski definition) is 4. The Labute approximate surface area is 196 Å². The van der Waals surface area contributed by atoms with Crippen molar-refractivity contribution in [2.75, 3.05) is 18.7 Å². The van der Waals surface area contributed by atoms with Crippen LogP contribution in [0.2, 0.25) is 0 Å². The van der Waals surface area contributed by atoms with E-state index < -0.39 is 5.91 Å². The van der Waals surface area contributed by atoms with E-state index >= 15 is 0 Å². The topological polar surface area (TPSA) is 72.8 Å². The van der Waals surface area contributed by atoms with Gasteiger partial charge in [-0.1, -0.05) is 48.5 Å². The van der Waals surface area contributed by atoms with Crippen molar-refractivity contribution >= 4 is 34.5 Å². The summed E-state index contributed by atoms with van der Waals surface area (Å²) < 4.78 is 13.3. The SMILES string of the molecule is COc1ccccc1OCCn1cc(/C=C2\C(=O)NN(c3ccccc3)C2=O)c2ccccc21. The molecule has 34 heavy (non-hydrogen) atoms. The maximum absolute atomic E-state index is 13.0. The minimum absolute atomic E-state index is 0.0945. The number of fused-ring (bicyclic) bond motifs is 1. The predicted molar refractivity (Wildman–Crippen MR) is 130 cm³/mol. The average molecular weight is 453 g/mol. The number of ether oxygens (including phenoxy) is 2. The Morgan fingerprint density at radius 3 is 2.38 bits per heavy atom. The molecule has 3 aromatic carbocycles. The minimum Gasteiger partial charge on any atom is -0.493 e. The number of methoxy groups -OCH3 is 1. The predicted octanol–water partition coefficient (Wildman–Crippen LogP) is 4.19. The zero-order valence-electron chi connectivity index (χ0n) is 18.6. The highest BCUT2D eigenvalue weighted by atomic mass is 16.5. The molecule has 5 rings (SSSR count).